The number of benzene rings is 11. The van der Waals surface area contributed by atoms with Gasteiger partial charge in [0.25, 0.3) is 0 Å². The van der Waals surface area contributed by atoms with Crippen molar-refractivity contribution in [1.82, 2.24) is 4.57 Å². The molecule has 0 bridgehead atoms. The fraction of sp³-hybridized carbons (Fsp3) is 0. The van der Waals surface area contributed by atoms with E-state index in [0.29, 0.717) is 0 Å². The van der Waals surface area contributed by atoms with Crippen LogP contribution in [0.5, 0.6) is 0 Å². The lowest BCUT2D eigenvalue weighted by molar-refractivity contribution is 1.19. The molecule has 1 aromatic heterocycles. The number of aromatic nitrogens is 1. The molecule has 0 aliphatic heterocycles. The highest BCUT2D eigenvalue weighted by atomic mass is 15.1. The number of anilines is 3. The highest BCUT2D eigenvalue weighted by molar-refractivity contribution is 6.25. The first-order chi connectivity index (χ1) is 29.8. The summed E-state index contributed by atoms with van der Waals surface area (Å²) in [5, 5.41) is 12.3. The van der Waals surface area contributed by atoms with Crippen molar-refractivity contribution in [3.63, 3.8) is 0 Å². The van der Waals surface area contributed by atoms with E-state index in [1.165, 1.54) is 87.1 Å². The van der Waals surface area contributed by atoms with Crippen LogP contribution < -0.4 is 4.90 Å². The lowest BCUT2D eigenvalue weighted by Crippen LogP contribution is -2.10. The molecule has 12 aromatic rings. The van der Waals surface area contributed by atoms with E-state index in [-0.39, 0.29) is 0 Å². The maximum Gasteiger partial charge on any atom is 0.0640 e. The molecule has 2 heteroatoms. The third-order valence-electron chi connectivity index (χ3n) is 12.3. The Morgan fingerprint density at radius 3 is 1.67 bits per heavy atom. The van der Waals surface area contributed by atoms with Crippen LogP contribution in [0.25, 0.3) is 92.8 Å². The smallest absolute Gasteiger partial charge is 0.0640 e. The molecule has 0 aliphatic rings. The number of hydrogen-bond donors (Lipinski definition) is 0. The van der Waals surface area contributed by atoms with Crippen LogP contribution in [-0.4, -0.2) is 4.57 Å². The van der Waals surface area contributed by atoms with E-state index in [0.717, 1.165) is 22.7 Å². The highest BCUT2D eigenvalue weighted by Crippen LogP contribution is 2.48. The highest BCUT2D eigenvalue weighted by Gasteiger charge is 2.24. The van der Waals surface area contributed by atoms with Gasteiger partial charge in [0, 0.05) is 33.2 Å². The monoisotopic (exact) mass is 762 g/mol. The first-order valence-corrected chi connectivity index (χ1v) is 20.7. The van der Waals surface area contributed by atoms with Gasteiger partial charge in [0.05, 0.1) is 16.7 Å². The topological polar surface area (TPSA) is 8.17 Å². The van der Waals surface area contributed by atoms with Crippen LogP contribution in [0.2, 0.25) is 0 Å². The summed E-state index contributed by atoms with van der Waals surface area (Å²) in [6.07, 6.45) is 0. The molecule has 0 amide bonds. The van der Waals surface area contributed by atoms with Crippen LogP contribution in [0.15, 0.2) is 231 Å². The van der Waals surface area contributed by atoms with Gasteiger partial charge in [-0.05, 0) is 115 Å². The SMILES string of the molecule is c1ccc(-c2ccc3c4c(N(c5ccccc5)c5ccc(-c6cc7ccccc7c7ccccc67)cc5)cc5ccccc5c4n(-c4ccc5ccccc5c4)c3c2)cc1. The van der Waals surface area contributed by atoms with Crippen molar-refractivity contribution in [2.24, 2.45) is 0 Å². The van der Waals surface area contributed by atoms with E-state index in [1.807, 2.05) is 0 Å². The first kappa shape index (κ1) is 34.1. The third-order valence-corrected chi connectivity index (χ3v) is 12.3. The molecule has 12 rings (SSSR count). The Hall–Kier alpha value is -7.94. The van der Waals surface area contributed by atoms with E-state index in [4.69, 9.17) is 0 Å². The second-order valence-electron chi connectivity index (χ2n) is 15.7. The maximum absolute atomic E-state index is 2.51. The van der Waals surface area contributed by atoms with Crippen LogP contribution in [0.1, 0.15) is 0 Å². The molecular formula is C58H38N2. The molecule has 0 unspecified atom stereocenters. The van der Waals surface area contributed by atoms with E-state index in [9.17, 15) is 0 Å². The van der Waals surface area contributed by atoms with Gasteiger partial charge in [-0.1, -0.05) is 176 Å². The van der Waals surface area contributed by atoms with Crippen LogP contribution >= 0.6 is 0 Å². The van der Waals surface area contributed by atoms with Gasteiger partial charge in [-0.15, -0.1) is 0 Å². The minimum absolute atomic E-state index is 1.10. The van der Waals surface area contributed by atoms with Crippen LogP contribution in [0.3, 0.4) is 0 Å². The van der Waals surface area contributed by atoms with Crippen molar-refractivity contribution >= 4 is 82.0 Å². The Labute approximate surface area is 348 Å². The molecule has 0 atom stereocenters. The lowest BCUT2D eigenvalue weighted by atomic mass is 9.93. The van der Waals surface area contributed by atoms with Crippen molar-refractivity contribution in [2.75, 3.05) is 4.90 Å². The van der Waals surface area contributed by atoms with Gasteiger partial charge in [0.2, 0.25) is 0 Å². The number of rotatable bonds is 6. The molecule has 0 aliphatic carbocycles. The Balaban J connectivity index is 1.14. The van der Waals surface area contributed by atoms with E-state index in [2.05, 4.69) is 240 Å². The van der Waals surface area contributed by atoms with Crippen LogP contribution in [0.4, 0.5) is 17.1 Å². The predicted molar refractivity (Wildman–Crippen MR) is 256 cm³/mol. The summed E-state index contributed by atoms with van der Waals surface area (Å²) in [5.74, 6) is 0. The largest absolute Gasteiger partial charge is 0.310 e. The molecule has 0 saturated carbocycles. The van der Waals surface area contributed by atoms with Crippen molar-refractivity contribution in [3.8, 4) is 27.9 Å². The van der Waals surface area contributed by atoms with Crippen molar-refractivity contribution < 1.29 is 0 Å². The molecule has 0 saturated heterocycles. The molecular weight excluding hydrogens is 725 g/mol. The van der Waals surface area contributed by atoms with E-state index in [1.54, 1.807) is 0 Å². The standard InChI is InChI=1S/C58H38N2/c1-3-15-39(16-4-1)43-30-34-53-55(37-43)60(48-33-27-40-17-7-8-18-42(40)35-48)58-50-24-12-10-20-45(50)38-56(57(53)58)59(46-21-5-2-6-22-46)47-31-28-41(29-32-47)54-36-44-19-9-11-23-49(44)51-25-13-14-26-52(51)54/h1-38H. The van der Waals surface area contributed by atoms with Gasteiger partial charge in [-0.25, -0.2) is 0 Å². The third kappa shape index (κ3) is 5.50. The van der Waals surface area contributed by atoms with Crippen molar-refractivity contribution in [3.05, 3.63) is 231 Å². The van der Waals surface area contributed by atoms with Crippen molar-refractivity contribution in [1.29, 1.82) is 0 Å². The Bertz CT molecular complexity index is 3580. The summed E-state index contributed by atoms with van der Waals surface area (Å²) in [7, 11) is 0. The van der Waals surface area contributed by atoms with Gasteiger partial charge in [-0.3, -0.25) is 0 Å². The van der Waals surface area contributed by atoms with Crippen LogP contribution in [-0.2, 0) is 0 Å². The minimum Gasteiger partial charge on any atom is -0.310 e. The average Bonchev–Trinajstić information content (AvgIpc) is 3.67. The normalized spacial score (nSPS) is 11.7. The molecule has 60 heavy (non-hydrogen) atoms. The summed E-state index contributed by atoms with van der Waals surface area (Å²) >= 11 is 0. The van der Waals surface area contributed by atoms with Gasteiger partial charge < -0.3 is 9.47 Å². The Morgan fingerprint density at radius 1 is 0.317 bits per heavy atom. The minimum atomic E-state index is 1.10. The van der Waals surface area contributed by atoms with Gasteiger partial charge in [-0.2, -0.15) is 0 Å². The summed E-state index contributed by atoms with van der Waals surface area (Å²) < 4.78 is 2.51. The fourth-order valence-electron chi connectivity index (χ4n) is 9.52. The molecule has 0 N–H and O–H groups in total. The predicted octanol–water partition coefficient (Wildman–Crippen LogP) is 16.2. The number of nitrogens with zero attached hydrogens (tertiary/aromatic N) is 2. The van der Waals surface area contributed by atoms with Gasteiger partial charge in [0.1, 0.15) is 0 Å². The Kier molecular flexibility index (Phi) is 7.89. The van der Waals surface area contributed by atoms with Gasteiger partial charge in [0.15, 0.2) is 0 Å². The number of fused-ring (bicyclic) bond motifs is 9. The fourth-order valence-corrected chi connectivity index (χ4v) is 9.52. The molecule has 0 spiro atoms. The zero-order chi connectivity index (χ0) is 39.6. The zero-order valence-electron chi connectivity index (χ0n) is 32.8. The Morgan fingerprint density at radius 2 is 0.900 bits per heavy atom. The summed E-state index contributed by atoms with van der Waals surface area (Å²) in [6.45, 7) is 0. The number of para-hydroxylation sites is 1. The zero-order valence-corrected chi connectivity index (χ0v) is 32.8. The molecule has 1 heterocycles. The summed E-state index contributed by atoms with van der Waals surface area (Å²) in [4.78, 5) is 2.45. The van der Waals surface area contributed by atoms with Crippen LogP contribution in [0, 0.1) is 0 Å². The second-order valence-corrected chi connectivity index (χ2v) is 15.7. The maximum atomic E-state index is 2.51. The van der Waals surface area contributed by atoms with Crippen molar-refractivity contribution in [2.45, 2.75) is 0 Å². The average molecular weight is 763 g/mol. The lowest BCUT2D eigenvalue weighted by Gasteiger charge is -2.27. The quantitative estimate of drug-likeness (QED) is 0.153. The number of hydrogen-bond acceptors (Lipinski definition) is 1. The second kappa shape index (κ2) is 13.9. The van der Waals surface area contributed by atoms with Gasteiger partial charge >= 0.3 is 0 Å². The molecule has 11 aromatic carbocycles. The molecule has 2 nitrogen and oxygen atoms in total. The summed E-state index contributed by atoms with van der Waals surface area (Å²) in [6, 6.07) is 84.4. The molecule has 0 fully saturated rings. The first-order valence-electron chi connectivity index (χ1n) is 20.7. The molecule has 280 valence electrons. The molecule has 0 radical (unpaired) electrons. The van der Waals surface area contributed by atoms with E-state index >= 15 is 0 Å². The van der Waals surface area contributed by atoms with E-state index < -0.39 is 0 Å². The summed E-state index contributed by atoms with van der Waals surface area (Å²) in [5.41, 5.74) is 11.7.